The average molecular weight is 277 g/mol. The van der Waals surface area contributed by atoms with E-state index in [1.165, 1.54) is 17.7 Å². The van der Waals surface area contributed by atoms with Crippen molar-refractivity contribution >= 4 is 11.7 Å². The van der Waals surface area contributed by atoms with Gasteiger partial charge in [0.25, 0.3) is 0 Å². The van der Waals surface area contributed by atoms with Crippen molar-refractivity contribution in [2.24, 2.45) is 0 Å². The average Bonchev–Trinajstić information content (AvgIpc) is 2.46. The smallest absolute Gasteiger partial charge is 0.303 e. The molecule has 110 valence electrons. The van der Waals surface area contributed by atoms with E-state index in [4.69, 9.17) is 9.84 Å². The highest BCUT2D eigenvalue weighted by atomic mass is 16.5. The van der Waals surface area contributed by atoms with Crippen molar-refractivity contribution in [3.63, 3.8) is 0 Å². The molecule has 4 nitrogen and oxygen atoms in total. The van der Waals surface area contributed by atoms with Crippen LogP contribution in [0, 0.1) is 0 Å². The zero-order chi connectivity index (χ0) is 14.4. The number of hydrogen-bond acceptors (Lipinski definition) is 3. The minimum Gasteiger partial charge on any atom is -0.497 e. The zero-order valence-corrected chi connectivity index (χ0v) is 12.1. The summed E-state index contributed by atoms with van der Waals surface area (Å²) < 4.78 is 5.28. The molecule has 0 fully saturated rings. The molecule has 1 aliphatic rings. The molecule has 0 amide bonds. The van der Waals surface area contributed by atoms with Gasteiger partial charge in [-0.1, -0.05) is 6.42 Å². The Kier molecular flexibility index (Phi) is 5.27. The highest BCUT2D eigenvalue weighted by molar-refractivity contribution is 5.66. The van der Waals surface area contributed by atoms with Crippen molar-refractivity contribution in [1.29, 1.82) is 0 Å². The van der Waals surface area contributed by atoms with Crippen LogP contribution in [0.3, 0.4) is 0 Å². The van der Waals surface area contributed by atoms with E-state index in [2.05, 4.69) is 17.0 Å². The number of ether oxygens (including phenoxy) is 1. The molecule has 0 unspecified atom stereocenters. The van der Waals surface area contributed by atoms with Crippen molar-refractivity contribution < 1.29 is 14.6 Å². The second-order valence-corrected chi connectivity index (χ2v) is 5.29. The van der Waals surface area contributed by atoms with Crippen LogP contribution in [0.25, 0.3) is 0 Å². The van der Waals surface area contributed by atoms with Gasteiger partial charge in [0.15, 0.2) is 0 Å². The first-order valence-corrected chi connectivity index (χ1v) is 7.34. The molecule has 0 saturated carbocycles. The molecule has 0 atom stereocenters. The maximum atomic E-state index is 10.5. The van der Waals surface area contributed by atoms with Crippen LogP contribution in [0.15, 0.2) is 18.2 Å². The summed E-state index contributed by atoms with van der Waals surface area (Å²) in [5, 5.41) is 8.62. The van der Waals surface area contributed by atoms with Gasteiger partial charge < -0.3 is 14.7 Å². The van der Waals surface area contributed by atoms with Crippen LogP contribution in [0.2, 0.25) is 0 Å². The monoisotopic (exact) mass is 277 g/mol. The van der Waals surface area contributed by atoms with Crippen LogP contribution >= 0.6 is 0 Å². The number of carboxylic acid groups (broad SMARTS) is 1. The van der Waals surface area contributed by atoms with Crippen LogP contribution in [0.4, 0.5) is 5.69 Å². The van der Waals surface area contributed by atoms with Crippen molar-refractivity contribution in [3.05, 3.63) is 23.8 Å². The van der Waals surface area contributed by atoms with E-state index in [1.54, 1.807) is 7.11 Å². The number of unbranched alkanes of at least 4 members (excludes halogenated alkanes) is 2. The van der Waals surface area contributed by atoms with Gasteiger partial charge >= 0.3 is 5.97 Å². The Hall–Kier alpha value is -1.71. The normalized spacial score (nSPS) is 13.9. The zero-order valence-electron chi connectivity index (χ0n) is 12.1. The van der Waals surface area contributed by atoms with E-state index in [1.807, 2.05) is 6.07 Å². The third kappa shape index (κ3) is 3.89. The molecule has 0 aliphatic carbocycles. The fourth-order valence-electron chi connectivity index (χ4n) is 2.77. The Morgan fingerprint density at radius 2 is 2.20 bits per heavy atom. The summed E-state index contributed by atoms with van der Waals surface area (Å²) in [4.78, 5) is 12.9. The van der Waals surface area contributed by atoms with Gasteiger partial charge in [-0.05, 0) is 49.4 Å². The fourth-order valence-corrected chi connectivity index (χ4v) is 2.77. The number of benzene rings is 1. The predicted octanol–water partition coefficient (Wildman–Crippen LogP) is 3.09. The molecule has 1 aromatic carbocycles. The molecule has 1 heterocycles. The quantitative estimate of drug-likeness (QED) is 0.778. The summed E-state index contributed by atoms with van der Waals surface area (Å²) >= 11 is 0. The van der Waals surface area contributed by atoms with Crippen LogP contribution in [-0.4, -0.2) is 31.3 Å². The number of aryl methyl sites for hydroxylation is 1. The predicted molar refractivity (Wildman–Crippen MR) is 79.6 cm³/mol. The molecule has 0 bridgehead atoms. The summed E-state index contributed by atoms with van der Waals surface area (Å²) in [6.07, 6.45) is 5.39. The van der Waals surface area contributed by atoms with Crippen molar-refractivity contribution in [1.82, 2.24) is 0 Å². The molecule has 20 heavy (non-hydrogen) atoms. The van der Waals surface area contributed by atoms with E-state index in [-0.39, 0.29) is 6.42 Å². The Bertz CT molecular complexity index is 459. The maximum Gasteiger partial charge on any atom is 0.303 e. The lowest BCUT2D eigenvalue weighted by Crippen LogP contribution is -2.30. The van der Waals surface area contributed by atoms with Crippen LogP contribution < -0.4 is 9.64 Å². The number of nitrogens with zero attached hydrogens (tertiary/aromatic N) is 1. The van der Waals surface area contributed by atoms with E-state index >= 15 is 0 Å². The molecule has 1 aromatic rings. The SMILES string of the molecule is COc1ccc2c(c1)CCCN2CCCCCC(=O)O. The van der Waals surface area contributed by atoms with Gasteiger partial charge in [0, 0.05) is 25.2 Å². The third-order valence-electron chi connectivity index (χ3n) is 3.82. The summed E-state index contributed by atoms with van der Waals surface area (Å²) in [5.74, 6) is 0.229. The van der Waals surface area contributed by atoms with Crippen molar-refractivity contribution in [3.8, 4) is 5.75 Å². The lowest BCUT2D eigenvalue weighted by atomic mass is 10.0. The van der Waals surface area contributed by atoms with Gasteiger partial charge in [-0.15, -0.1) is 0 Å². The lowest BCUT2D eigenvalue weighted by molar-refractivity contribution is -0.137. The standard InChI is InChI=1S/C16H23NO3/c1-20-14-8-9-15-13(12-14)6-5-11-17(15)10-4-2-3-7-16(18)19/h8-9,12H,2-7,10-11H2,1H3,(H,18,19). The topological polar surface area (TPSA) is 49.8 Å². The summed E-state index contributed by atoms with van der Waals surface area (Å²) in [6.45, 7) is 2.11. The molecular weight excluding hydrogens is 254 g/mol. The van der Waals surface area contributed by atoms with Gasteiger partial charge in [-0.3, -0.25) is 4.79 Å². The number of carbonyl (C=O) groups is 1. The number of rotatable bonds is 7. The van der Waals surface area contributed by atoms with Gasteiger partial charge in [0.1, 0.15) is 5.75 Å². The van der Waals surface area contributed by atoms with Crippen LogP contribution in [0.1, 0.15) is 37.7 Å². The molecule has 4 heteroatoms. The first kappa shape index (κ1) is 14.7. The van der Waals surface area contributed by atoms with Crippen molar-refractivity contribution in [2.75, 3.05) is 25.1 Å². The Labute approximate surface area is 120 Å². The van der Waals surface area contributed by atoms with Crippen molar-refractivity contribution in [2.45, 2.75) is 38.5 Å². The van der Waals surface area contributed by atoms with Gasteiger partial charge in [-0.25, -0.2) is 0 Å². The second-order valence-electron chi connectivity index (χ2n) is 5.29. The molecular formula is C16H23NO3. The molecule has 0 saturated heterocycles. The van der Waals surface area contributed by atoms with E-state index < -0.39 is 5.97 Å². The minimum atomic E-state index is -0.694. The third-order valence-corrected chi connectivity index (χ3v) is 3.82. The summed E-state index contributed by atoms with van der Waals surface area (Å²) in [7, 11) is 1.70. The highest BCUT2D eigenvalue weighted by Gasteiger charge is 2.16. The molecule has 0 aromatic heterocycles. The van der Waals surface area contributed by atoms with E-state index in [0.717, 1.165) is 44.5 Å². The highest BCUT2D eigenvalue weighted by Crippen LogP contribution is 2.30. The number of methoxy groups -OCH3 is 1. The first-order chi connectivity index (χ1) is 9.70. The number of carboxylic acids is 1. The maximum absolute atomic E-state index is 10.5. The Balaban J connectivity index is 1.87. The Morgan fingerprint density at radius 1 is 1.35 bits per heavy atom. The minimum absolute atomic E-state index is 0.286. The van der Waals surface area contributed by atoms with E-state index in [0.29, 0.717) is 0 Å². The number of fused-ring (bicyclic) bond motifs is 1. The number of hydrogen-bond donors (Lipinski definition) is 1. The molecule has 1 N–H and O–H groups in total. The van der Waals surface area contributed by atoms with Gasteiger partial charge in [0.2, 0.25) is 0 Å². The second kappa shape index (κ2) is 7.17. The summed E-state index contributed by atoms with van der Waals surface area (Å²) in [5.41, 5.74) is 2.68. The Morgan fingerprint density at radius 3 is 2.95 bits per heavy atom. The van der Waals surface area contributed by atoms with Crippen LogP contribution in [0.5, 0.6) is 5.75 Å². The summed E-state index contributed by atoms with van der Waals surface area (Å²) in [6, 6.07) is 6.29. The number of aliphatic carboxylic acids is 1. The molecule has 0 spiro atoms. The molecule has 1 aliphatic heterocycles. The largest absolute Gasteiger partial charge is 0.497 e. The number of anilines is 1. The lowest BCUT2D eigenvalue weighted by Gasteiger charge is -2.31. The fraction of sp³-hybridized carbons (Fsp3) is 0.562. The van der Waals surface area contributed by atoms with Gasteiger partial charge in [-0.2, -0.15) is 0 Å². The molecule has 0 radical (unpaired) electrons. The van der Waals surface area contributed by atoms with Crippen LogP contribution in [-0.2, 0) is 11.2 Å². The van der Waals surface area contributed by atoms with E-state index in [9.17, 15) is 4.79 Å². The molecule has 2 rings (SSSR count). The van der Waals surface area contributed by atoms with Gasteiger partial charge in [0.05, 0.1) is 7.11 Å². The first-order valence-electron chi connectivity index (χ1n) is 7.34.